The van der Waals surface area contributed by atoms with Crippen LogP contribution in [0.1, 0.15) is 27.2 Å². The van der Waals surface area contributed by atoms with Crippen molar-refractivity contribution in [2.45, 2.75) is 39.3 Å². The quantitative estimate of drug-likeness (QED) is 0.866. The SMILES string of the molecule is CCC(C)C1CN(c2ccn(C)n2)C(C)CN1. The second kappa shape index (κ2) is 5.08. The maximum atomic E-state index is 4.52. The third kappa shape index (κ3) is 2.63. The lowest BCUT2D eigenvalue weighted by molar-refractivity contribution is 0.314. The van der Waals surface area contributed by atoms with Crippen LogP contribution in [0.3, 0.4) is 0 Å². The number of hydrogen-bond acceptors (Lipinski definition) is 3. The number of anilines is 1. The van der Waals surface area contributed by atoms with Crippen LogP contribution in [0.15, 0.2) is 12.3 Å². The second-order valence-electron chi connectivity index (χ2n) is 5.25. The van der Waals surface area contributed by atoms with Crippen molar-refractivity contribution in [1.82, 2.24) is 15.1 Å². The number of rotatable bonds is 3. The van der Waals surface area contributed by atoms with E-state index in [9.17, 15) is 0 Å². The van der Waals surface area contributed by atoms with E-state index in [1.165, 1.54) is 6.42 Å². The molecule has 2 heterocycles. The van der Waals surface area contributed by atoms with Gasteiger partial charge in [-0.05, 0) is 12.8 Å². The molecule has 96 valence electrons. The summed E-state index contributed by atoms with van der Waals surface area (Å²) in [6.45, 7) is 8.95. The van der Waals surface area contributed by atoms with Gasteiger partial charge in [-0.2, -0.15) is 5.10 Å². The average molecular weight is 236 g/mol. The molecule has 0 aromatic carbocycles. The fourth-order valence-electron chi connectivity index (χ4n) is 2.43. The molecule has 1 fully saturated rings. The highest BCUT2D eigenvalue weighted by Crippen LogP contribution is 2.20. The summed E-state index contributed by atoms with van der Waals surface area (Å²) in [6, 6.07) is 3.21. The molecule has 0 aliphatic carbocycles. The van der Waals surface area contributed by atoms with E-state index in [1.54, 1.807) is 0 Å². The van der Waals surface area contributed by atoms with Gasteiger partial charge in [-0.1, -0.05) is 20.3 Å². The van der Waals surface area contributed by atoms with Crippen molar-refractivity contribution in [2.24, 2.45) is 13.0 Å². The summed E-state index contributed by atoms with van der Waals surface area (Å²) in [4.78, 5) is 2.42. The van der Waals surface area contributed by atoms with Gasteiger partial charge in [0.1, 0.15) is 0 Å². The first-order chi connectivity index (χ1) is 8.11. The normalized spacial score (nSPS) is 27.2. The minimum atomic E-state index is 0.519. The number of nitrogens with one attached hydrogen (secondary N) is 1. The van der Waals surface area contributed by atoms with Gasteiger partial charge in [0.2, 0.25) is 0 Å². The molecule has 3 unspecified atom stereocenters. The Bertz CT molecular complexity index is 360. The highest BCUT2D eigenvalue weighted by molar-refractivity contribution is 5.39. The zero-order chi connectivity index (χ0) is 12.4. The highest BCUT2D eigenvalue weighted by atomic mass is 15.4. The van der Waals surface area contributed by atoms with Crippen molar-refractivity contribution in [3.63, 3.8) is 0 Å². The first-order valence-electron chi connectivity index (χ1n) is 6.61. The van der Waals surface area contributed by atoms with Crippen LogP contribution < -0.4 is 10.2 Å². The predicted molar refractivity (Wildman–Crippen MR) is 71.3 cm³/mol. The van der Waals surface area contributed by atoms with Crippen LogP contribution in [-0.2, 0) is 7.05 Å². The fourth-order valence-corrected chi connectivity index (χ4v) is 2.43. The lowest BCUT2D eigenvalue weighted by Crippen LogP contribution is -2.57. The summed E-state index contributed by atoms with van der Waals surface area (Å²) >= 11 is 0. The summed E-state index contributed by atoms with van der Waals surface area (Å²) in [5.74, 6) is 1.82. The van der Waals surface area contributed by atoms with Crippen LogP contribution in [-0.4, -0.2) is 35.0 Å². The third-order valence-corrected chi connectivity index (χ3v) is 3.93. The molecule has 3 atom stereocenters. The van der Waals surface area contributed by atoms with E-state index < -0.39 is 0 Å². The van der Waals surface area contributed by atoms with Crippen molar-refractivity contribution >= 4 is 5.82 Å². The molecule has 1 aromatic rings. The molecule has 0 saturated carbocycles. The molecule has 1 aromatic heterocycles. The Morgan fingerprint density at radius 2 is 2.35 bits per heavy atom. The molecule has 0 radical (unpaired) electrons. The van der Waals surface area contributed by atoms with Crippen LogP contribution in [0, 0.1) is 5.92 Å². The lowest BCUT2D eigenvalue weighted by atomic mass is 9.96. The summed E-state index contributed by atoms with van der Waals surface area (Å²) < 4.78 is 1.88. The van der Waals surface area contributed by atoms with Crippen molar-refractivity contribution in [3.8, 4) is 0 Å². The van der Waals surface area contributed by atoms with Crippen LogP contribution in [0.2, 0.25) is 0 Å². The molecule has 17 heavy (non-hydrogen) atoms. The van der Waals surface area contributed by atoms with Crippen LogP contribution in [0.4, 0.5) is 5.82 Å². The van der Waals surface area contributed by atoms with E-state index in [-0.39, 0.29) is 0 Å². The van der Waals surface area contributed by atoms with Gasteiger partial charge in [0.25, 0.3) is 0 Å². The standard InChI is InChI=1S/C13H24N4/c1-5-10(2)12-9-17(11(3)8-14-12)13-6-7-16(4)15-13/h6-7,10-12,14H,5,8-9H2,1-4H3. The predicted octanol–water partition coefficient (Wildman–Crippen LogP) is 1.63. The van der Waals surface area contributed by atoms with Gasteiger partial charge < -0.3 is 10.2 Å². The van der Waals surface area contributed by atoms with Crippen molar-refractivity contribution < 1.29 is 0 Å². The van der Waals surface area contributed by atoms with Gasteiger partial charge in [-0.15, -0.1) is 0 Å². The molecule has 0 amide bonds. The zero-order valence-electron chi connectivity index (χ0n) is 11.3. The van der Waals surface area contributed by atoms with Crippen molar-refractivity contribution in [1.29, 1.82) is 0 Å². The topological polar surface area (TPSA) is 33.1 Å². The Balaban J connectivity index is 2.09. The molecule has 2 rings (SSSR count). The lowest BCUT2D eigenvalue weighted by Gasteiger charge is -2.41. The monoisotopic (exact) mass is 236 g/mol. The van der Waals surface area contributed by atoms with E-state index in [0.29, 0.717) is 18.0 Å². The summed E-state index contributed by atoms with van der Waals surface area (Å²) in [5, 5.41) is 8.17. The Morgan fingerprint density at radius 3 is 2.94 bits per heavy atom. The minimum absolute atomic E-state index is 0.519. The van der Waals surface area contributed by atoms with Crippen molar-refractivity contribution in [2.75, 3.05) is 18.0 Å². The Kier molecular flexibility index (Phi) is 3.72. The van der Waals surface area contributed by atoms with Crippen LogP contribution >= 0.6 is 0 Å². The van der Waals surface area contributed by atoms with Gasteiger partial charge >= 0.3 is 0 Å². The van der Waals surface area contributed by atoms with E-state index in [1.807, 2.05) is 17.9 Å². The molecular weight excluding hydrogens is 212 g/mol. The number of aromatic nitrogens is 2. The number of piperazine rings is 1. The Labute approximate surface area is 104 Å². The maximum absolute atomic E-state index is 4.52. The molecule has 0 bridgehead atoms. The molecule has 4 nitrogen and oxygen atoms in total. The largest absolute Gasteiger partial charge is 0.350 e. The molecule has 1 N–H and O–H groups in total. The minimum Gasteiger partial charge on any atom is -0.350 e. The molecule has 0 spiro atoms. The number of nitrogens with zero attached hydrogens (tertiary/aromatic N) is 3. The summed E-state index contributed by atoms with van der Waals surface area (Å²) in [6.07, 6.45) is 3.24. The van der Waals surface area contributed by atoms with Gasteiger partial charge in [0.15, 0.2) is 5.82 Å². The maximum Gasteiger partial charge on any atom is 0.150 e. The van der Waals surface area contributed by atoms with Gasteiger partial charge in [0, 0.05) is 44.5 Å². The van der Waals surface area contributed by atoms with Crippen molar-refractivity contribution in [3.05, 3.63) is 12.3 Å². The highest BCUT2D eigenvalue weighted by Gasteiger charge is 2.28. The van der Waals surface area contributed by atoms with Gasteiger partial charge in [-0.3, -0.25) is 4.68 Å². The Hall–Kier alpha value is -1.03. The van der Waals surface area contributed by atoms with E-state index in [0.717, 1.165) is 18.9 Å². The fraction of sp³-hybridized carbons (Fsp3) is 0.769. The number of aryl methyl sites for hydroxylation is 1. The average Bonchev–Trinajstić information content (AvgIpc) is 2.75. The Morgan fingerprint density at radius 1 is 1.59 bits per heavy atom. The molecular formula is C13H24N4. The van der Waals surface area contributed by atoms with Gasteiger partial charge in [0.05, 0.1) is 0 Å². The van der Waals surface area contributed by atoms with E-state index in [2.05, 4.69) is 42.2 Å². The van der Waals surface area contributed by atoms with E-state index >= 15 is 0 Å². The molecule has 4 heteroatoms. The van der Waals surface area contributed by atoms with E-state index in [4.69, 9.17) is 0 Å². The summed E-state index contributed by atoms with van der Waals surface area (Å²) in [5.41, 5.74) is 0. The third-order valence-electron chi connectivity index (χ3n) is 3.93. The molecule has 1 saturated heterocycles. The van der Waals surface area contributed by atoms with Crippen LogP contribution in [0.5, 0.6) is 0 Å². The summed E-state index contributed by atoms with van der Waals surface area (Å²) in [7, 11) is 1.97. The smallest absolute Gasteiger partial charge is 0.150 e. The van der Waals surface area contributed by atoms with Crippen LogP contribution in [0.25, 0.3) is 0 Å². The zero-order valence-corrected chi connectivity index (χ0v) is 11.3. The molecule has 1 aliphatic rings. The number of hydrogen-bond donors (Lipinski definition) is 1. The second-order valence-corrected chi connectivity index (χ2v) is 5.25. The van der Waals surface area contributed by atoms with Gasteiger partial charge in [-0.25, -0.2) is 0 Å². The first-order valence-corrected chi connectivity index (χ1v) is 6.61. The first kappa shape index (κ1) is 12.4. The molecule has 1 aliphatic heterocycles.